The molecular formula is C26H18F2N2O4S2. The van der Waals surface area contributed by atoms with Crippen molar-refractivity contribution in [1.29, 1.82) is 10.5 Å². The van der Waals surface area contributed by atoms with Crippen LogP contribution in [0.4, 0.5) is 8.78 Å². The molecule has 0 fully saturated rings. The number of carbonyl (C=O) groups excluding carboxylic acids is 2. The van der Waals surface area contributed by atoms with E-state index in [9.17, 15) is 20.1 Å². The van der Waals surface area contributed by atoms with Gasteiger partial charge in [-0.05, 0) is 38.1 Å². The Balaban J connectivity index is 2.23. The number of nitrogens with zero attached hydrogens (tertiary/aromatic N) is 2. The van der Waals surface area contributed by atoms with Gasteiger partial charge in [0, 0.05) is 9.79 Å². The van der Waals surface area contributed by atoms with Crippen LogP contribution in [-0.4, -0.2) is 25.2 Å². The quantitative estimate of drug-likeness (QED) is 0.314. The molecule has 0 heterocycles. The van der Waals surface area contributed by atoms with Crippen molar-refractivity contribution in [1.82, 2.24) is 0 Å². The third kappa shape index (κ3) is 5.51. The van der Waals surface area contributed by atoms with Gasteiger partial charge in [-0.25, -0.2) is 18.4 Å². The number of hydrogen-bond acceptors (Lipinski definition) is 8. The molecule has 0 N–H and O–H groups in total. The van der Waals surface area contributed by atoms with Crippen LogP contribution in [0.2, 0.25) is 0 Å². The van der Waals surface area contributed by atoms with E-state index in [1.807, 2.05) is 0 Å². The molecule has 0 radical (unpaired) electrons. The summed E-state index contributed by atoms with van der Waals surface area (Å²) in [6.45, 7) is 3.50. The molecule has 0 amide bonds. The van der Waals surface area contributed by atoms with Crippen molar-refractivity contribution in [2.75, 3.05) is 13.2 Å². The van der Waals surface area contributed by atoms with E-state index in [-0.39, 0.29) is 43.9 Å². The fourth-order valence-electron chi connectivity index (χ4n) is 3.12. The molecule has 0 aliphatic rings. The van der Waals surface area contributed by atoms with Crippen molar-refractivity contribution in [3.8, 4) is 12.1 Å². The predicted molar refractivity (Wildman–Crippen MR) is 129 cm³/mol. The SMILES string of the molecule is CCOC(=O)c1ccccc1Sc1c(F)c(C#N)c(C#N)c(F)c1Sc1ccccc1C(=O)OCC. The third-order valence-corrected chi connectivity index (χ3v) is 7.16. The minimum Gasteiger partial charge on any atom is -0.462 e. The molecule has 10 heteroatoms. The molecule has 0 aromatic heterocycles. The summed E-state index contributed by atoms with van der Waals surface area (Å²) < 4.78 is 41.4. The summed E-state index contributed by atoms with van der Waals surface area (Å²) in [5.74, 6) is -3.54. The van der Waals surface area contributed by atoms with Crippen LogP contribution >= 0.6 is 23.5 Å². The highest BCUT2D eigenvalue weighted by Gasteiger charge is 2.28. The number of hydrogen-bond donors (Lipinski definition) is 0. The van der Waals surface area contributed by atoms with Crippen LogP contribution in [0.25, 0.3) is 0 Å². The number of esters is 2. The summed E-state index contributed by atoms with van der Waals surface area (Å²) in [6.07, 6.45) is 0. The maximum Gasteiger partial charge on any atom is 0.339 e. The summed E-state index contributed by atoms with van der Waals surface area (Å²) in [5.41, 5.74) is -1.27. The third-order valence-electron chi connectivity index (χ3n) is 4.71. The Kier molecular flexibility index (Phi) is 9.07. The second-order valence-corrected chi connectivity index (χ2v) is 9.00. The zero-order valence-electron chi connectivity index (χ0n) is 19.1. The van der Waals surface area contributed by atoms with Gasteiger partial charge in [0.2, 0.25) is 0 Å². The molecule has 36 heavy (non-hydrogen) atoms. The zero-order valence-corrected chi connectivity index (χ0v) is 20.8. The van der Waals surface area contributed by atoms with Gasteiger partial charge in [0.05, 0.1) is 34.1 Å². The maximum atomic E-state index is 15.6. The molecule has 3 aromatic carbocycles. The molecule has 0 aliphatic heterocycles. The van der Waals surface area contributed by atoms with Crippen LogP contribution in [0, 0.1) is 34.3 Å². The highest BCUT2D eigenvalue weighted by atomic mass is 32.2. The van der Waals surface area contributed by atoms with Crippen LogP contribution < -0.4 is 0 Å². The summed E-state index contributed by atoms with van der Waals surface area (Å²) in [7, 11) is 0. The molecule has 0 unspecified atom stereocenters. The second-order valence-electron chi connectivity index (χ2n) is 6.90. The van der Waals surface area contributed by atoms with Crippen molar-refractivity contribution >= 4 is 35.5 Å². The van der Waals surface area contributed by atoms with E-state index in [0.717, 1.165) is 0 Å². The highest BCUT2D eigenvalue weighted by molar-refractivity contribution is 8.02. The minimum absolute atomic E-state index is 0.113. The summed E-state index contributed by atoms with van der Waals surface area (Å²) >= 11 is 1.43. The molecule has 0 bridgehead atoms. The van der Waals surface area contributed by atoms with Crippen molar-refractivity contribution in [3.05, 3.63) is 82.4 Å². The van der Waals surface area contributed by atoms with Crippen LogP contribution in [0.5, 0.6) is 0 Å². The summed E-state index contributed by atoms with van der Waals surface area (Å²) in [4.78, 5) is 24.7. The van der Waals surface area contributed by atoms with Crippen molar-refractivity contribution in [2.24, 2.45) is 0 Å². The lowest BCUT2D eigenvalue weighted by atomic mass is 10.1. The van der Waals surface area contributed by atoms with Crippen molar-refractivity contribution in [3.63, 3.8) is 0 Å². The Labute approximate surface area is 214 Å². The molecular weight excluding hydrogens is 506 g/mol. The Bertz CT molecular complexity index is 1310. The van der Waals surface area contributed by atoms with Gasteiger partial charge in [-0.3, -0.25) is 0 Å². The molecule has 6 nitrogen and oxygen atoms in total. The lowest BCUT2D eigenvalue weighted by Gasteiger charge is -2.16. The average Bonchev–Trinajstić information content (AvgIpc) is 2.88. The van der Waals surface area contributed by atoms with Gasteiger partial charge in [-0.15, -0.1) is 0 Å². The highest BCUT2D eigenvalue weighted by Crippen LogP contribution is 2.45. The lowest BCUT2D eigenvalue weighted by Crippen LogP contribution is -2.07. The van der Waals surface area contributed by atoms with Gasteiger partial charge in [0.15, 0.2) is 11.6 Å². The minimum atomic E-state index is -1.12. The van der Waals surface area contributed by atoms with Crippen LogP contribution in [-0.2, 0) is 9.47 Å². The number of carbonyl (C=O) groups is 2. The van der Waals surface area contributed by atoms with E-state index in [1.165, 1.54) is 24.3 Å². The fraction of sp³-hybridized carbons (Fsp3) is 0.154. The number of ether oxygens (including phenoxy) is 2. The number of rotatable bonds is 8. The predicted octanol–water partition coefficient (Wildman–Crippen LogP) is 6.36. The van der Waals surface area contributed by atoms with Crippen LogP contribution in [0.1, 0.15) is 45.7 Å². The van der Waals surface area contributed by atoms with Gasteiger partial charge in [-0.2, -0.15) is 10.5 Å². The van der Waals surface area contributed by atoms with E-state index in [1.54, 1.807) is 50.3 Å². The Morgan fingerprint density at radius 2 is 1.11 bits per heavy atom. The zero-order chi connectivity index (χ0) is 26.2. The Morgan fingerprint density at radius 1 is 0.750 bits per heavy atom. The van der Waals surface area contributed by atoms with Crippen LogP contribution in [0.3, 0.4) is 0 Å². The second kappa shape index (κ2) is 12.2. The Morgan fingerprint density at radius 3 is 1.44 bits per heavy atom. The molecule has 3 aromatic rings. The topological polar surface area (TPSA) is 100 Å². The maximum absolute atomic E-state index is 15.6. The number of halogens is 2. The number of nitriles is 2. The molecule has 0 spiro atoms. The van der Waals surface area contributed by atoms with Gasteiger partial charge in [-0.1, -0.05) is 47.8 Å². The largest absolute Gasteiger partial charge is 0.462 e. The summed E-state index contributed by atoms with van der Waals surface area (Å²) in [6, 6.07) is 15.5. The average molecular weight is 525 g/mol. The van der Waals surface area contributed by atoms with Gasteiger partial charge < -0.3 is 9.47 Å². The smallest absolute Gasteiger partial charge is 0.339 e. The standard InChI is InChI=1S/C26H18F2N2O4S2/c1-3-33-25(31)15-9-5-7-11-19(15)35-23-21(27)17(13-29)18(14-30)22(28)24(23)36-20-12-8-6-10-16(20)26(32)34-4-2/h5-12H,3-4H2,1-2H3. The van der Waals surface area contributed by atoms with Crippen LogP contribution in [0.15, 0.2) is 68.1 Å². The van der Waals surface area contributed by atoms with Crippen molar-refractivity contribution in [2.45, 2.75) is 33.4 Å². The van der Waals surface area contributed by atoms with Gasteiger partial charge in [0.1, 0.15) is 23.3 Å². The van der Waals surface area contributed by atoms with Crippen molar-refractivity contribution < 1.29 is 27.8 Å². The molecule has 0 saturated heterocycles. The molecule has 0 aliphatic carbocycles. The monoisotopic (exact) mass is 524 g/mol. The first-order valence-corrected chi connectivity index (χ1v) is 12.2. The lowest BCUT2D eigenvalue weighted by molar-refractivity contribution is 0.0512. The molecule has 182 valence electrons. The van der Waals surface area contributed by atoms with E-state index in [0.29, 0.717) is 23.5 Å². The normalized spacial score (nSPS) is 10.3. The number of benzene rings is 3. The Hall–Kier alpha value is -3.86. The molecule has 3 rings (SSSR count). The van der Waals surface area contributed by atoms with Gasteiger partial charge in [0.25, 0.3) is 0 Å². The van der Waals surface area contributed by atoms with E-state index >= 15 is 8.78 Å². The first kappa shape index (κ1) is 26.7. The molecule has 0 saturated carbocycles. The summed E-state index contributed by atoms with van der Waals surface area (Å²) in [5, 5.41) is 18.9. The van der Waals surface area contributed by atoms with Gasteiger partial charge >= 0.3 is 11.9 Å². The van der Waals surface area contributed by atoms with E-state index < -0.39 is 34.7 Å². The fourth-order valence-corrected chi connectivity index (χ4v) is 5.38. The van der Waals surface area contributed by atoms with E-state index in [4.69, 9.17) is 9.47 Å². The molecule has 0 atom stereocenters. The first-order valence-electron chi connectivity index (χ1n) is 10.6. The van der Waals surface area contributed by atoms with E-state index in [2.05, 4.69) is 0 Å². The first-order chi connectivity index (χ1) is 17.4.